The normalized spacial score (nSPS) is 10.8. The molecule has 0 aliphatic rings. The van der Waals surface area contributed by atoms with E-state index in [1.807, 2.05) is 0 Å². The van der Waals surface area contributed by atoms with Gasteiger partial charge in [-0.1, -0.05) is 0 Å². The van der Waals surface area contributed by atoms with E-state index < -0.39 is 10.0 Å². The van der Waals surface area contributed by atoms with Crippen molar-refractivity contribution >= 4 is 22.4 Å². The van der Waals surface area contributed by atoms with Crippen molar-refractivity contribution in [2.45, 2.75) is 11.8 Å². The second kappa shape index (κ2) is 6.80. The smallest absolute Gasteiger partial charge is 0.240 e. The van der Waals surface area contributed by atoms with Gasteiger partial charge in [-0.25, -0.2) is 13.1 Å². The summed E-state index contributed by atoms with van der Waals surface area (Å²) in [5.74, 6) is 0.635. The fraction of sp³-hybridized carbons (Fsp3) is 0.400. The van der Waals surface area contributed by atoms with E-state index >= 15 is 0 Å². The minimum atomic E-state index is -3.46. The Hall–Kier alpha value is -0.820. The van der Waals surface area contributed by atoms with Crippen LogP contribution in [0, 0.1) is 6.92 Å². The Morgan fingerprint density at radius 3 is 2.53 bits per heavy atom. The van der Waals surface area contributed by atoms with Crippen molar-refractivity contribution < 1.29 is 13.2 Å². The Bertz CT molecular complexity index is 463. The molecular weight excluding hydrogens is 264 g/mol. The molecule has 0 spiro atoms. The van der Waals surface area contributed by atoms with Gasteiger partial charge in [0.1, 0.15) is 5.75 Å². The van der Waals surface area contributed by atoms with Gasteiger partial charge < -0.3 is 10.5 Å². The first kappa shape index (κ1) is 16.2. The van der Waals surface area contributed by atoms with Crippen LogP contribution in [0.3, 0.4) is 0 Å². The summed E-state index contributed by atoms with van der Waals surface area (Å²) in [6.45, 7) is 2.22. The number of hydrogen-bond donors (Lipinski definition) is 2. The van der Waals surface area contributed by atoms with E-state index in [0.29, 0.717) is 11.3 Å². The Kier molecular flexibility index (Phi) is 6.48. The lowest BCUT2D eigenvalue weighted by molar-refractivity contribution is 0.414. The largest absolute Gasteiger partial charge is 0.497 e. The van der Waals surface area contributed by atoms with Gasteiger partial charge in [-0.2, -0.15) is 0 Å². The number of rotatable bonds is 5. The lowest BCUT2D eigenvalue weighted by Gasteiger charge is -2.09. The highest BCUT2D eigenvalue weighted by molar-refractivity contribution is 7.89. The third kappa shape index (κ3) is 4.16. The molecule has 5 nitrogen and oxygen atoms in total. The molecule has 1 rings (SSSR count). The van der Waals surface area contributed by atoms with Crippen LogP contribution < -0.4 is 15.2 Å². The minimum Gasteiger partial charge on any atom is -0.497 e. The Balaban J connectivity index is 0.00000256. The topological polar surface area (TPSA) is 81.4 Å². The fourth-order valence-corrected chi connectivity index (χ4v) is 2.59. The third-order valence-electron chi connectivity index (χ3n) is 2.11. The van der Waals surface area contributed by atoms with Crippen molar-refractivity contribution in [3.63, 3.8) is 0 Å². The molecule has 0 bridgehead atoms. The third-order valence-corrected chi connectivity index (χ3v) is 3.73. The SMILES string of the molecule is COc1ccc(S(=O)(=O)NCCN)c(C)c1.Cl. The van der Waals surface area contributed by atoms with E-state index in [1.54, 1.807) is 19.1 Å². The molecule has 0 aliphatic heterocycles. The molecule has 0 aromatic heterocycles. The number of aryl methyl sites for hydroxylation is 1. The molecule has 1 aromatic rings. The average Bonchev–Trinajstić information content (AvgIpc) is 2.25. The first-order chi connectivity index (χ1) is 7.51. The number of hydrogen-bond acceptors (Lipinski definition) is 4. The Morgan fingerprint density at radius 2 is 2.06 bits per heavy atom. The zero-order valence-corrected chi connectivity index (χ0v) is 11.4. The summed E-state index contributed by atoms with van der Waals surface area (Å²) in [5, 5.41) is 0. The standard InChI is InChI=1S/C10H16N2O3S.ClH/c1-8-7-9(15-2)3-4-10(8)16(13,14)12-6-5-11;/h3-4,7,12H,5-6,11H2,1-2H3;1H. The molecule has 0 fully saturated rings. The van der Waals surface area contributed by atoms with Crippen LogP contribution in [-0.4, -0.2) is 28.6 Å². The molecule has 7 heteroatoms. The molecule has 17 heavy (non-hydrogen) atoms. The van der Waals surface area contributed by atoms with E-state index in [9.17, 15) is 8.42 Å². The van der Waals surface area contributed by atoms with E-state index in [1.165, 1.54) is 13.2 Å². The predicted molar refractivity (Wildman–Crippen MR) is 69.2 cm³/mol. The van der Waals surface area contributed by atoms with Gasteiger partial charge in [0.2, 0.25) is 10.0 Å². The molecule has 3 N–H and O–H groups in total. The second-order valence-electron chi connectivity index (χ2n) is 3.32. The Morgan fingerprint density at radius 1 is 1.41 bits per heavy atom. The lowest BCUT2D eigenvalue weighted by atomic mass is 10.2. The van der Waals surface area contributed by atoms with Crippen molar-refractivity contribution in [3.05, 3.63) is 23.8 Å². The van der Waals surface area contributed by atoms with E-state index in [0.717, 1.165) is 0 Å². The van der Waals surface area contributed by atoms with Crippen molar-refractivity contribution in [2.75, 3.05) is 20.2 Å². The zero-order valence-electron chi connectivity index (χ0n) is 9.76. The number of methoxy groups -OCH3 is 1. The predicted octanol–water partition coefficient (Wildman–Crippen LogP) is 0.662. The number of sulfonamides is 1. The van der Waals surface area contributed by atoms with Crippen LogP contribution in [0.4, 0.5) is 0 Å². The molecule has 0 saturated heterocycles. The highest BCUT2D eigenvalue weighted by Crippen LogP contribution is 2.20. The summed E-state index contributed by atoms with van der Waals surface area (Å²) in [4.78, 5) is 0.252. The van der Waals surface area contributed by atoms with Crippen LogP contribution in [0.15, 0.2) is 23.1 Å². The monoisotopic (exact) mass is 280 g/mol. The second-order valence-corrected chi connectivity index (χ2v) is 5.05. The molecule has 0 amide bonds. The first-order valence-corrected chi connectivity index (χ1v) is 6.34. The summed E-state index contributed by atoms with van der Waals surface area (Å²) in [7, 11) is -1.93. The van der Waals surface area contributed by atoms with Crippen LogP contribution in [0.2, 0.25) is 0 Å². The Labute approximate surface area is 108 Å². The van der Waals surface area contributed by atoms with Crippen LogP contribution in [-0.2, 0) is 10.0 Å². The quantitative estimate of drug-likeness (QED) is 0.830. The summed E-state index contributed by atoms with van der Waals surface area (Å²) in [6.07, 6.45) is 0. The lowest BCUT2D eigenvalue weighted by Crippen LogP contribution is -2.29. The number of ether oxygens (including phenoxy) is 1. The van der Waals surface area contributed by atoms with E-state index in [2.05, 4.69) is 4.72 Å². The number of benzene rings is 1. The van der Waals surface area contributed by atoms with Crippen LogP contribution in [0.25, 0.3) is 0 Å². The summed E-state index contributed by atoms with van der Waals surface area (Å²) in [6, 6.07) is 4.81. The van der Waals surface area contributed by atoms with Gasteiger partial charge in [-0.05, 0) is 30.7 Å². The maximum absolute atomic E-state index is 11.8. The number of nitrogens with two attached hydrogens (primary N) is 1. The maximum atomic E-state index is 11.8. The average molecular weight is 281 g/mol. The van der Waals surface area contributed by atoms with E-state index in [4.69, 9.17) is 10.5 Å². The van der Waals surface area contributed by atoms with Gasteiger partial charge in [-0.15, -0.1) is 12.4 Å². The highest BCUT2D eigenvalue weighted by Gasteiger charge is 2.15. The molecule has 0 atom stereocenters. The van der Waals surface area contributed by atoms with Crippen LogP contribution in [0.1, 0.15) is 5.56 Å². The van der Waals surface area contributed by atoms with E-state index in [-0.39, 0.29) is 30.4 Å². The van der Waals surface area contributed by atoms with Crippen LogP contribution >= 0.6 is 12.4 Å². The van der Waals surface area contributed by atoms with Gasteiger partial charge in [0.05, 0.1) is 12.0 Å². The molecule has 0 saturated carbocycles. The maximum Gasteiger partial charge on any atom is 0.240 e. The summed E-state index contributed by atoms with van der Waals surface area (Å²) < 4.78 is 31.0. The highest BCUT2D eigenvalue weighted by atomic mass is 35.5. The molecular formula is C10H17ClN2O3S. The van der Waals surface area contributed by atoms with Gasteiger partial charge in [0, 0.05) is 13.1 Å². The van der Waals surface area contributed by atoms with Crippen LogP contribution in [0.5, 0.6) is 5.75 Å². The molecule has 0 radical (unpaired) electrons. The number of nitrogens with one attached hydrogen (secondary N) is 1. The van der Waals surface area contributed by atoms with Gasteiger partial charge in [-0.3, -0.25) is 0 Å². The van der Waals surface area contributed by atoms with Gasteiger partial charge in [0.25, 0.3) is 0 Å². The van der Waals surface area contributed by atoms with Crippen molar-refractivity contribution in [1.82, 2.24) is 4.72 Å². The fourth-order valence-electron chi connectivity index (χ4n) is 1.32. The molecule has 1 aromatic carbocycles. The van der Waals surface area contributed by atoms with Gasteiger partial charge >= 0.3 is 0 Å². The first-order valence-electron chi connectivity index (χ1n) is 4.85. The molecule has 98 valence electrons. The zero-order chi connectivity index (χ0) is 12.2. The van der Waals surface area contributed by atoms with Crippen molar-refractivity contribution in [1.29, 1.82) is 0 Å². The van der Waals surface area contributed by atoms with Crippen molar-refractivity contribution in [2.24, 2.45) is 5.73 Å². The minimum absolute atomic E-state index is 0. The number of halogens is 1. The summed E-state index contributed by atoms with van der Waals surface area (Å²) >= 11 is 0. The molecule has 0 unspecified atom stereocenters. The molecule has 0 aliphatic carbocycles. The molecule has 0 heterocycles. The van der Waals surface area contributed by atoms with Gasteiger partial charge in [0.15, 0.2) is 0 Å². The van der Waals surface area contributed by atoms with Crippen molar-refractivity contribution in [3.8, 4) is 5.75 Å². The summed E-state index contributed by atoms with van der Waals surface area (Å²) in [5.41, 5.74) is 5.89.